The summed E-state index contributed by atoms with van der Waals surface area (Å²) in [6, 6.07) is 28.2. The van der Waals surface area contributed by atoms with Gasteiger partial charge in [-0.25, -0.2) is 9.97 Å². The number of para-hydroxylation sites is 2. The van der Waals surface area contributed by atoms with Crippen LogP contribution in [0.3, 0.4) is 0 Å². The van der Waals surface area contributed by atoms with Crippen LogP contribution in [-0.4, -0.2) is 185 Å². The Labute approximate surface area is 638 Å². The van der Waals surface area contributed by atoms with Gasteiger partial charge >= 0.3 is 22.8 Å². The van der Waals surface area contributed by atoms with E-state index in [9.17, 15) is 81.0 Å². The highest BCUT2D eigenvalue weighted by Gasteiger charge is 2.67. The molecule has 34 heteroatoms. The van der Waals surface area contributed by atoms with Crippen molar-refractivity contribution in [3.05, 3.63) is 195 Å². The van der Waals surface area contributed by atoms with Gasteiger partial charge in [-0.3, -0.25) is 43.0 Å². The van der Waals surface area contributed by atoms with Crippen molar-refractivity contribution in [2.75, 3.05) is 58.4 Å². The molecule has 1 saturated heterocycles. The quantitative estimate of drug-likeness (QED) is 0.0168. The first-order chi connectivity index (χ1) is 51.7. The van der Waals surface area contributed by atoms with E-state index in [1.807, 2.05) is 54.6 Å². The zero-order chi connectivity index (χ0) is 81.2. The van der Waals surface area contributed by atoms with Gasteiger partial charge in [0.2, 0.25) is 5.78 Å². The molecule has 0 spiro atoms. The number of likely N-dealkylation sites (N-methyl/N-ethyl adjacent to an activating group) is 1. The number of aromatic hydroxyl groups is 1. The number of nitrogens with zero attached hydrogens (tertiary/aromatic N) is 5. The number of amides is 1. The number of anilines is 2. The lowest BCUT2D eigenvalue weighted by Crippen LogP contribution is -2.68. The maximum atomic E-state index is 13.3. The standard InChI is InChI=1S/C23H30ClN3O.C22H24N2O8.C17H16F6N2O.C9H8N2.C6H4O2.H2O4S.H2O/c1-5-27(6-2)13-7-8-16(3)25-23-19-11-9-17(24)14-22(19)26-21-12-10-18(28-4)15-20(21)23;1-7-8-5-4-6-9(25)11(8)16(26)12-10(7)17(27)14-15(24(2)3)18(28)13(21(23)31)20(30)22(14,32)19(12)29;18-16(19,20)11-5-3-4-9-10(15(26)12-6-1-2-7-24-12)8-13(17(21,22)23)25-14(9)11;10-8-5-6-11-9-4-2-1-3-7(8)9;7-5-1-2-6(8)4-3-5;1-5(2,3)4;/h9-12,14-16H,5-8,13H2,1-4H3,(H,25,26);4-7,10,14-15,17,25,27-29,32H,1-3H3,(H2,23,31);3-5,8,12,15,24,26H,1-2,6-7H2;1-6H,(H2,10,11);1-4H;(H2,1,2,3,4);1H2/t;7-,10+,14+,15-,17-,22-;12-,15+;;;;/m.01..../s1. The number of allylic oxidation sites excluding steroid dienone is 4. The van der Waals surface area contributed by atoms with Gasteiger partial charge in [-0.1, -0.05) is 81.3 Å². The Kier molecular flexibility index (Phi) is 29.3. The maximum Gasteiger partial charge on any atom is 0.433 e. The second-order valence-corrected chi connectivity index (χ2v) is 28.0. The van der Waals surface area contributed by atoms with Gasteiger partial charge in [0, 0.05) is 62.0 Å². The first-order valence-corrected chi connectivity index (χ1v) is 36.4. The number of primary amides is 1. The van der Waals surface area contributed by atoms with Crippen LogP contribution < -0.4 is 26.8 Å². The smallest absolute Gasteiger partial charge is 0.433 e. The number of rotatable bonds is 13. The third kappa shape index (κ3) is 20.4. The van der Waals surface area contributed by atoms with Gasteiger partial charge in [0.05, 0.1) is 70.2 Å². The number of nitrogens with one attached hydrogen (secondary N) is 2. The molecule has 4 aliphatic carbocycles. The van der Waals surface area contributed by atoms with Crippen molar-refractivity contribution in [2.45, 2.75) is 114 Å². The van der Waals surface area contributed by atoms with Crippen molar-refractivity contribution >= 4 is 106 Å². The number of hydrogen-bond acceptors (Lipinski definition) is 22. The van der Waals surface area contributed by atoms with Crippen LogP contribution in [0.1, 0.15) is 105 Å². The van der Waals surface area contributed by atoms with Gasteiger partial charge in [-0.15, -0.1) is 0 Å². The highest BCUT2D eigenvalue weighted by atomic mass is 35.5. The molecule has 596 valence electrons. The minimum atomic E-state index is -4.93. The number of benzene rings is 5. The SMILES string of the molecule is CCN(CC)CCCC(C)Nc1c2ccc(Cl)cc2nc2ccc(OC)cc12.C[C@H]1c2cccc(O)c2C(=O)C2=C(O)[C@]3(O)C(=O)C(C(N)=O)=C(O)[C@@H](N(C)C)[C@@H]3[C@@H](O)[C@@H]21.Nc1ccnc2ccccc12.O.O=C1C=CC(=O)C=C1.O=S(=O)(O)O.O[C@@H](c1cc(C(F)(F)F)nc2c(C(F)(F)F)cccc12)[C@H]1CCCCN1. The number of pyridine rings is 3. The molecule has 1 amide bonds. The summed E-state index contributed by atoms with van der Waals surface area (Å²) in [6.45, 7) is 12.3. The number of nitrogens with two attached hydrogens (primary N) is 2. The minimum Gasteiger partial charge on any atom is -0.510 e. The molecule has 8 aromatic rings. The number of ketones is 4. The molecule has 5 aliphatic rings. The summed E-state index contributed by atoms with van der Waals surface area (Å²) in [5, 5.41) is 76.1. The number of methoxy groups -OCH3 is 1. The minimum absolute atomic E-state index is 0. The first-order valence-electron chi connectivity index (χ1n) is 34.6. The van der Waals surface area contributed by atoms with Crippen LogP contribution in [0.4, 0.5) is 37.7 Å². The van der Waals surface area contributed by atoms with E-state index in [4.69, 9.17) is 50.3 Å². The number of aromatic nitrogens is 3. The number of alkyl halides is 6. The van der Waals surface area contributed by atoms with E-state index in [1.54, 1.807) is 32.4 Å². The van der Waals surface area contributed by atoms with Gasteiger partial charge in [-0.2, -0.15) is 34.8 Å². The van der Waals surface area contributed by atoms with E-state index in [1.165, 1.54) is 61.9 Å². The third-order valence-electron chi connectivity index (χ3n) is 19.4. The van der Waals surface area contributed by atoms with Crippen LogP contribution in [0.15, 0.2) is 162 Å². The third-order valence-corrected chi connectivity index (χ3v) is 19.6. The molecule has 0 saturated carbocycles. The second kappa shape index (κ2) is 36.9. The van der Waals surface area contributed by atoms with Crippen LogP contribution in [0.5, 0.6) is 11.5 Å². The normalized spacial score (nSPS) is 20.7. The number of aliphatic hydroxyl groups is 5. The summed E-state index contributed by atoms with van der Waals surface area (Å²) < 4.78 is 116. The molecule has 1 fully saturated rings. The van der Waals surface area contributed by atoms with E-state index in [-0.39, 0.29) is 39.3 Å². The number of phenolic OH excluding ortho intramolecular Hbond substituents is 1. The first kappa shape index (κ1) is 88.2. The van der Waals surface area contributed by atoms with Crippen molar-refractivity contribution in [3.63, 3.8) is 0 Å². The fourth-order valence-electron chi connectivity index (χ4n) is 14.1. The van der Waals surface area contributed by atoms with Crippen LogP contribution in [0.25, 0.3) is 43.6 Å². The molecular formula is C77H86ClF6N9O17S. The summed E-state index contributed by atoms with van der Waals surface area (Å²) in [4.78, 5) is 75.0. The molecular weight excluding hydrogens is 1500 g/mol. The van der Waals surface area contributed by atoms with Gasteiger partial charge in [0.15, 0.2) is 23.0 Å². The fraction of sp³-hybridized carbons (Fsp3) is 0.351. The van der Waals surface area contributed by atoms with Crippen LogP contribution in [0, 0.1) is 11.8 Å². The number of phenols is 1. The lowest BCUT2D eigenvalue weighted by molar-refractivity contribution is -0.162. The number of hydrogen-bond donors (Lipinski definition) is 12. The van der Waals surface area contributed by atoms with E-state index in [0.29, 0.717) is 41.7 Å². The van der Waals surface area contributed by atoms with Crippen LogP contribution >= 0.6 is 11.6 Å². The number of fused-ring (bicyclic) bond motifs is 7. The Morgan fingerprint density at radius 1 is 0.811 bits per heavy atom. The highest BCUT2D eigenvalue weighted by molar-refractivity contribution is 7.79. The molecule has 4 heterocycles. The molecule has 1 aliphatic heterocycles. The number of nitrogen functional groups attached to an aromatic ring is 1. The Balaban J connectivity index is 0.000000200. The largest absolute Gasteiger partial charge is 0.510 e. The predicted molar refractivity (Wildman–Crippen MR) is 405 cm³/mol. The zero-order valence-corrected chi connectivity index (χ0v) is 62.6. The van der Waals surface area contributed by atoms with E-state index in [0.717, 1.165) is 94.8 Å². The van der Waals surface area contributed by atoms with E-state index in [2.05, 4.69) is 58.4 Å². The molecule has 26 nitrogen and oxygen atoms in total. The molecule has 1 unspecified atom stereocenters. The number of ether oxygens (including phenoxy) is 1. The Morgan fingerprint density at radius 2 is 1.44 bits per heavy atom. The molecule has 3 aromatic heterocycles. The van der Waals surface area contributed by atoms with Crippen molar-refractivity contribution in [1.82, 2.24) is 30.1 Å². The number of carbonyl (C=O) groups is 5. The molecule has 9 atom stereocenters. The molecule has 16 N–H and O–H groups in total. The number of halogens is 7. The second-order valence-electron chi connectivity index (χ2n) is 26.7. The maximum absolute atomic E-state index is 13.3. The van der Waals surface area contributed by atoms with Crippen LogP contribution in [0.2, 0.25) is 5.02 Å². The van der Waals surface area contributed by atoms with Crippen molar-refractivity contribution in [1.29, 1.82) is 0 Å². The highest BCUT2D eigenvalue weighted by Crippen LogP contribution is 2.56. The number of Topliss-reactive ketones (excluding diaryl/α,β-unsaturated/α-hetero) is 2. The summed E-state index contributed by atoms with van der Waals surface area (Å²) >= 11 is 6.22. The summed E-state index contributed by atoms with van der Waals surface area (Å²) in [5.41, 5.74) is 8.05. The fourth-order valence-corrected chi connectivity index (χ4v) is 14.2. The summed E-state index contributed by atoms with van der Waals surface area (Å²) in [7, 11) is 0.00136. The molecule has 0 radical (unpaired) electrons. The van der Waals surface area contributed by atoms with E-state index >= 15 is 0 Å². The lowest BCUT2D eigenvalue weighted by Gasteiger charge is -2.53. The van der Waals surface area contributed by atoms with Gasteiger partial charge < -0.3 is 67.9 Å². The van der Waals surface area contributed by atoms with Crippen molar-refractivity contribution in [2.24, 2.45) is 17.6 Å². The topological polar surface area (TPSA) is 443 Å². The Bertz CT molecular complexity index is 4990. The number of carbonyl (C=O) groups excluding carboxylic acids is 5. The number of aliphatic hydroxyl groups excluding tert-OH is 4. The van der Waals surface area contributed by atoms with Gasteiger partial charge in [-0.05, 0) is 181 Å². The average molecular weight is 1590 g/mol. The Hall–Kier alpha value is -10.0. The zero-order valence-electron chi connectivity index (χ0n) is 61.1. The Morgan fingerprint density at radius 3 is 2.02 bits per heavy atom. The predicted octanol–water partition coefficient (Wildman–Crippen LogP) is 10.7. The lowest BCUT2D eigenvalue weighted by atomic mass is 9.55. The van der Waals surface area contributed by atoms with Gasteiger partial charge in [0.1, 0.15) is 34.3 Å². The molecule has 111 heavy (non-hydrogen) atoms. The van der Waals surface area contributed by atoms with E-state index < -0.39 is 127 Å². The summed E-state index contributed by atoms with van der Waals surface area (Å²) in [6.07, 6.45) is -1.57. The van der Waals surface area contributed by atoms with Crippen molar-refractivity contribution in [3.8, 4) is 11.5 Å². The molecule has 13 rings (SSSR count). The molecule has 0 bridgehead atoms. The van der Waals surface area contributed by atoms with Gasteiger partial charge in [0.25, 0.3) is 5.91 Å². The van der Waals surface area contributed by atoms with Crippen molar-refractivity contribution < 1.29 is 109 Å². The number of piperidine rings is 1. The monoisotopic (exact) mass is 1590 g/mol. The van der Waals surface area contributed by atoms with Crippen LogP contribution in [-0.2, 0) is 41.9 Å². The summed E-state index contributed by atoms with van der Waals surface area (Å²) in [5.74, 6) is -8.27. The molecule has 5 aromatic carbocycles. The average Bonchev–Trinajstić information content (AvgIpc) is 0.687.